The van der Waals surface area contributed by atoms with Crippen LogP contribution in [0.25, 0.3) is 0 Å². The van der Waals surface area contributed by atoms with Crippen molar-refractivity contribution in [1.29, 1.82) is 0 Å². The molecule has 2 heterocycles. The van der Waals surface area contributed by atoms with E-state index >= 15 is 0 Å². The SMILES string of the molecule is CCOC(=O)C1=C(C)N(CC(=O)NCCCN2CCCCC2C)C(=O)CC1c1ccc(Cl)cc1. The van der Waals surface area contributed by atoms with Gasteiger partial charge in [0.2, 0.25) is 11.8 Å². The maximum atomic E-state index is 13.0. The molecule has 2 unspecified atom stereocenters. The second kappa shape index (κ2) is 12.4. The quantitative estimate of drug-likeness (QED) is 0.420. The minimum Gasteiger partial charge on any atom is -0.463 e. The summed E-state index contributed by atoms with van der Waals surface area (Å²) in [4.78, 5) is 42.4. The first-order valence-electron chi connectivity index (χ1n) is 12.3. The Kier molecular flexibility index (Phi) is 9.54. The molecule has 2 amide bonds. The highest BCUT2D eigenvalue weighted by Gasteiger charge is 2.37. The largest absolute Gasteiger partial charge is 0.463 e. The molecule has 0 spiro atoms. The standard InChI is InChI=1S/C26H36ClN3O4/c1-4-34-26(33)25-19(3)30(24(32)16-22(25)20-9-11-21(27)12-10-20)17-23(31)28-13-7-15-29-14-6-5-8-18(29)2/h9-12,18,22H,4-8,13-17H2,1-3H3,(H,28,31). The van der Waals surface area contributed by atoms with E-state index in [1.807, 2.05) is 12.1 Å². The molecular weight excluding hydrogens is 454 g/mol. The fraction of sp³-hybridized carbons (Fsp3) is 0.577. The molecule has 1 aromatic carbocycles. The van der Waals surface area contributed by atoms with E-state index in [0.717, 1.165) is 25.1 Å². The zero-order valence-corrected chi connectivity index (χ0v) is 21.2. The van der Waals surface area contributed by atoms with Crippen LogP contribution in [0, 0.1) is 0 Å². The predicted molar refractivity (Wildman–Crippen MR) is 132 cm³/mol. The van der Waals surface area contributed by atoms with Gasteiger partial charge in [-0.05, 0) is 64.3 Å². The summed E-state index contributed by atoms with van der Waals surface area (Å²) in [5.74, 6) is -1.32. The number of likely N-dealkylation sites (tertiary alicyclic amines) is 1. The highest BCUT2D eigenvalue weighted by atomic mass is 35.5. The van der Waals surface area contributed by atoms with Crippen LogP contribution in [0.2, 0.25) is 5.02 Å². The third-order valence-corrected chi connectivity index (χ3v) is 7.03. The highest BCUT2D eigenvalue weighted by Crippen LogP contribution is 2.37. The van der Waals surface area contributed by atoms with E-state index in [4.69, 9.17) is 16.3 Å². The fourth-order valence-electron chi connectivity index (χ4n) is 4.86. The van der Waals surface area contributed by atoms with Crippen LogP contribution in [-0.4, -0.2) is 66.4 Å². The molecule has 1 saturated heterocycles. The van der Waals surface area contributed by atoms with E-state index in [2.05, 4.69) is 17.1 Å². The molecule has 0 saturated carbocycles. The van der Waals surface area contributed by atoms with Gasteiger partial charge in [-0.1, -0.05) is 30.2 Å². The van der Waals surface area contributed by atoms with Gasteiger partial charge in [0.25, 0.3) is 0 Å². The number of esters is 1. The zero-order chi connectivity index (χ0) is 24.7. The summed E-state index contributed by atoms with van der Waals surface area (Å²) in [6.07, 6.45) is 4.71. The Balaban J connectivity index is 1.65. The number of benzene rings is 1. The molecule has 0 aromatic heterocycles. The number of ether oxygens (including phenoxy) is 1. The van der Waals surface area contributed by atoms with Crippen LogP contribution in [0.5, 0.6) is 0 Å². The minimum atomic E-state index is -0.464. The Morgan fingerprint density at radius 3 is 2.62 bits per heavy atom. The smallest absolute Gasteiger partial charge is 0.336 e. The molecule has 1 fully saturated rings. The fourth-order valence-corrected chi connectivity index (χ4v) is 4.98. The molecule has 3 rings (SSSR count). The first-order valence-corrected chi connectivity index (χ1v) is 12.6. The lowest BCUT2D eigenvalue weighted by Gasteiger charge is -2.34. The van der Waals surface area contributed by atoms with E-state index in [-0.39, 0.29) is 31.4 Å². The Labute approximate surface area is 207 Å². The molecule has 2 atom stereocenters. The van der Waals surface area contributed by atoms with E-state index in [1.54, 1.807) is 26.0 Å². The van der Waals surface area contributed by atoms with Gasteiger partial charge < -0.3 is 19.9 Å². The monoisotopic (exact) mass is 489 g/mol. The predicted octanol–water partition coefficient (Wildman–Crippen LogP) is 3.87. The molecule has 8 heteroatoms. The van der Waals surface area contributed by atoms with Gasteiger partial charge in [-0.15, -0.1) is 0 Å². The number of piperidine rings is 1. The number of halogens is 1. The summed E-state index contributed by atoms with van der Waals surface area (Å²) in [6, 6.07) is 7.71. The van der Waals surface area contributed by atoms with Crippen molar-refractivity contribution in [3.8, 4) is 0 Å². The lowest BCUT2D eigenvalue weighted by atomic mass is 9.83. The van der Waals surface area contributed by atoms with Crippen molar-refractivity contribution in [3.05, 3.63) is 46.1 Å². The zero-order valence-electron chi connectivity index (χ0n) is 20.4. The van der Waals surface area contributed by atoms with Crippen LogP contribution in [-0.2, 0) is 19.1 Å². The van der Waals surface area contributed by atoms with E-state index in [9.17, 15) is 14.4 Å². The molecular formula is C26H36ClN3O4. The van der Waals surface area contributed by atoms with Gasteiger partial charge in [0.15, 0.2) is 0 Å². The van der Waals surface area contributed by atoms with E-state index in [1.165, 1.54) is 24.2 Å². The first kappa shape index (κ1) is 26.2. The van der Waals surface area contributed by atoms with Crippen molar-refractivity contribution >= 4 is 29.4 Å². The summed E-state index contributed by atoms with van der Waals surface area (Å²) in [7, 11) is 0. The van der Waals surface area contributed by atoms with Crippen molar-refractivity contribution in [2.75, 3.05) is 32.8 Å². The number of carbonyl (C=O) groups excluding carboxylic acids is 3. The van der Waals surface area contributed by atoms with Crippen molar-refractivity contribution in [1.82, 2.24) is 15.1 Å². The van der Waals surface area contributed by atoms with Crippen molar-refractivity contribution in [2.45, 2.75) is 64.8 Å². The third-order valence-electron chi connectivity index (χ3n) is 6.78. The third kappa shape index (κ3) is 6.60. The van der Waals surface area contributed by atoms with Gasteiger partial charge >= 0.3 is 5.97 Å². The Morgan fingerprint density at radius 2 is 1.94 bits per heavy atom. The number of nitrogens with one attached hydrogen (secondary N) is 1. The van der Waals surface area contributed by atoms with Crippen LogP contribution in [0.4, 0.5) is 0 Å². The topological polar surface area (TPSA) is 79.0 Å². The summed E-state index contributed by atoms with van der Waals surface area (Å²) >= 11 is 6.01. The summed E-state index contributed by atoms with van der Waals surface area (Å²) in [6.45, 7) is 8.46. The number of hydrogen-bond donors (Lipinski definition) is 1. The highest BCUT2D eigenvalue weighted by molar-refractivity contribution is 6.30. The van der Waals surface area contributed by atoms with Crippen molar-refractivity contribution in [2.24, 2.45) is 0 Å². The second-order valence-corrected chi connectivity index (χ2v) is 9.53. The number of hydrogen-bond acceptors (Lipinski definition) is 5. The van der Waals surface area contributed by atoms with Crippen LogP contribution in [0.1, 0.15) is 64.4 Å². The van der Waals surface area contributed by atoms with E-state index in [0.29, 0.717) is 28.9 Å². The molecule has 2 aliphatic heterocycles. The Hall–Kier alpha value is -2.38. The molecule has 34 heavy (non-hydrogen) atoms. The van der Waals surface area contributed by atoms with Crippen LogP contribution in [0.3, 0.4) is 0 Å². The van der Waals surface area contributed by atoms with Gasteiger partial charge in [-0.3, -0.25) is 9.59 Å². The summed E-state index contributed by atoms with van der Waals surface area (Å²) in [5.41, 5.74) is 1.69. The maximum absolute atomic E-state index is 13.0. The van der Waals surface area contributed by atoms with Crippen LogP contribution < -0.4 is 5.32 Å². The van der Waals surface area contributed by atoms with Crippen molar-refractivity contribution < 1.29 is 19.1 Å². The van der Waals surface area contributed by atoms with Crippen LogP contribution >= 0.6 is 11.6 Å². The van der Waals surface area contributed by atoms with E-state index < -0.39 is 11.9 Å². The molecule has 1 aromatic rings. The lowest BCUT2D eigenvalue weighted by Crippen LogP contribution is -2.44. The summed E-state index contributed by atoms with van der Waals surface area (Å²) < 4.78 is 5.30. The Bertz CT molecular complexity index is 915. The number of allylic oxidation sites excluding steroid dienone is 1. The normalized spacial score (nSPS) is 21.5. The first-order chi connectivity index (χ1) is 16.3. The van der Waals surface area contributed by atoms with Gasteiger partial charge in [0.05, 0.1) is 12.2 Å². The Morgan fingerprint density at radius 1 is 1.21 bits per heavy atom. The van der Waals surface area contributed by atoms with Gasteiger partial charge in [-0.2, -0.15) is 0 Å². The van der Waals surface area contributed by atoms with Crippen LogP contribution in [0.15, 0.2) is 35.5 Å². The molecule has 1 N–H and O–H groups in total. The van der Waals surface area contributed by atoms with Gasteiger partial charge in [0.1, 0.15) is 6.54 Å². The second-order valence-electron chi connectivity index (χ2n) is 9.09. The number of nitrogens with zero attached hydrogens (tertiary/aromatic N) is 2. The lowest BCUT2D eigenvalue weighted by molar-refractivity contribution is -0.141. The summed E-state index contributed by atoms with van der Waals surface area (Å²) in [5, 5.41) is 3.51. The van der Waals surface area contributed by atoms with Crippen molar-refractivity contribution in [3.63, 3.8) is 0 Å². The molecule has 0 aliphatic carbocycles. The maximum Gasteiger partial charge on any atom is 0.336 e. The van der Waals surface area contributed by atoms with Gasteiger partial charge in [-0.25, -0.2) is 4.79 Å². The van der Waals surface area contributed by atoms with Gasteiger partial charge in [0, 0.05) is 42.2 Å². The average Bonchev–Trinajstić information content (AvgIpc) is 2.81. The molecule has 7 nitrogen and oxygen atoms in total. The average molecular weight is 490 g/mol. The molecule has 186 valence electrons. The molecule has 0 radical (unpaired) electrons. The molecule has 2 aliphatic rings. The minimum absolute atomic E-state index is 0.0905. The number of rotatable bonds is 9. The number of amides is 2. The number of carbonyl (C=O) groups is 3. The molecule has 0 bridgehead atoms.